The molecule has 0 saturated carbocycles. The van der Waals surface area contributed by atoms with E-state index in [0.717, 1.165) is 5.52 Å². The quantitative estimate of drug-likeness (QED) is 0.0119. The molecule has 0 aliphatic carbocycles. The summed E-state index contributed by atoms with van der Waals surface area (Å²) in [6.07, 6.45) is 5.80. The number of ether oxygens (including phenoxy) is 1. The molecule has 6 rings (SSSR count). The van der Waals surface area contributed by atoms with Crippen molar-refractivity contribution in [2.24, 2.45) is 28.3 Å². The second-order valence-corrected chi connectivity index (χ2v) is 23.7. The van der Waals surface area contributed by atoms with Crippen LogP contribution in [0.3, 0.4) is 0 Å². The zero-order valence-corrected chi connectivity index (χ0v) is 53.8. The van der Waals surface area contributed by atoms with E-state index < -0.39 is 108 Å². The molecule has 0 spiro atoms. The number of nitrogens with one attached hydrogen (secondary N) is 11. The lowest BCUT2D eigenvalue weighted by atomic mass is 9.98. The number of likely N-dealkylation sites (tertiary alicyclic amines) is 1. The Morgan fingerprint density at radius 2 is 1.28 bits per heavy atom. The normalized spacial score (nSPS) is 16.5. The topological polar surface area (TPSA) is 458 Å². The molecule has 2 aromatic heterocycles. The molecule has 0 bridgehead atoms. The number of nitrogens with two attached hydrogens (primary N) is 2. The number of amides is 10. The van der Waals surface area contributed by atoms with Gasteiger partial charge in [-0.2, -0.15) is 0 Å². The monoisotopic (exact) mass is 1300 g/mol. The largest absolute Gasteiger partial charge is 0.508 e. The third-order valence-corrected chi connectivity index (χ3v) is 15.3. The number of para-hydroxylation sites is 1. The summed E-state index contributed by atoms with van der Waals surface area (Å²) in [5.41, 5.74) is 13.3. The molecule has 2 aliphatic rings. The predicted molar refractivity (Wildman–Crippen MR) is 342 cm³/mol. The molecular formula is C63H92N16O14. The number of imidazole rings is 1. The molecule has 0 radical (unpaired) electrons. The Morgan fingerprint density at radius 3 is 1.82 bits per heavy atom. The number of H-pyrrole nitrogens is 2. The number of aromatic nitrogens is 3. The molecule has 2 aliphatic heterocycles. The number of likely N-dealkylation sites (N-methyl/N-ethyl adjacent to an activating group) is 1. The van der Waals surface area contributed by atoms with Gasteiger partial charge in [0, 0.05) is 81.2 Å². The number of aromatic hydroxyl groups is 1. The minimum absolute atomic E-state index is 0.0397. The number of phenols is 1. The highest BCUT2D eigenvalue weighted by Gasteiger charge is 2.40. The second-order valence-electron chi connectivity index (χ2n) is 23.7. The molecule has 10 amide bonds. The summed E-state index contributed by atoms with van der Waals surface area (Å²) < 4.78 is 4.40. The molecule has 2 aromatic carbocycles. The van der Waals surface area contributed by atoms with Gasteiger partial charge in [-0.15, -0.1) is 0 Å². The van der Waals surface area contributed by atoms with Crippen LogP contribution in [0, 0.1) is 11.8 Å². The zero-order chi connectivity index (χ0) is 68.3. The van der Waals surface area contributed by atoms with Crippen LogP contribution in [0.15, 0.2) is 72.2 Å². The van der Waals surface area contributed by atoms with Crippen molar-refractivity contribution in [2.45, 2.75) is 173 Å². The Bertz CT molecular complexity index is 3200. The SMILES string of the molecule is CCNC(=O)[C@@H]1CCCN1C(=O)C(CCCN=C(N)N)NC(=O)C(CC(C)C)NC(=O)C(CC(C)C)NC(=O)C(Cc1ccc(O)cc1)NC(=O)C(CO)NC(=O)C(Cc1c[nH]c2ccccc12)NC(=O)C(Cc1cnc[nH]1)NC(=O)[C@@H]1CCC(=O)N1.CCOC(C)=O. The van der Waals surface area contributed by atoms with E-state index in [1.807, 2.05) is 19.9 Å². The van der Waals surface area contributed by atoms with Crippen molar-refractivity contribution in [3.8, 4) is 5.75 Å². The Hall–Kier alpha value is -9.61. The molecule has 508 valence electrons. The van der Waals surface area contributed by atoms with Gasteiger partial charge in [0.25, 0.3) is 0 Å². The highest BCUT2D eigenvalue weighted by atomic mass is 16.5. The number of aromatic amines is 2. The van der Waals surface area contributed by atoms with Crippen LogP contribution in [0.4, 0.5) is 0 Å². The van der Waals surface area contributed by atoms with Crippen molar-refractivity contribution < 1.29 is 67.7 Å². The zero-order valence-electron chi connectivity index (χ0n) is 53.8. The van der Waals surface area contributed by atoms with Crippen LogP contribution < -0.4 is 59.3 Å². The number of aliphatic imine (C=N–C) groups is 1. The molecule has 4 heterocycles. The van der Waals surface area contributed by atoms with Crippen LogP contribution >= 0.6 is 0 Å². The van der Waals surface area contributed by atoms with Crippen molar-refractivity contribution in [3.63, 3.8) is 0 Å². The van der Waals surface area contributed by atoms with Gasteiger partial charge in [-0.25, -0.2) is 4.98 Å². The predicted octanol–water partition coefficient (Wildman–Crippen LogP) is -0.869. The van der Waals surface area contributed by atoms with Gasteiger partial charge < -0.3 is 89.1 Å². The highest BCUT2D eigenvalue weighted by molar-refractivity contribution is 5.99. The molecule has 93 heavy (non-hydrogen) atoms. The van der Waals surface area contributed by atoms with Gasteiger partial charge in [0.1, 0.15) is 60.1 Å². The number of phenolic OH excluding ortho intramolecular Hbond substituents is 1. The van der Waals surface area contributed by atoms with Crippen LogP contribution in [0.5, 0.6) is 5.75 Å². The first-order valence-electron chi connectivity index (χ1n) is 31.4. The Kier molecular flexibility index (Phi) is 29.5. The Balaban J connectivity index is 0.00000249. The number of guanidine groups is 1. The summed E-state index contributed by atoms with van der Waals surface area (Å²) >= 11 is 0. The van der Waals surface area contributed by atoms with Gasteiger partial charge in [0.2, 0.25) is 59.1 Å². The van der Waals surface area contributed by atoms with Crippen molar-refractivity contribution in [3.05, 3.63) is 84.1 Å². The number of aliphatic hydroxyl groups is 1. The fraction of sp³-hybridized carbons (Fsp3) is 0.540. The first-order chi connectivity index (χ1) is 44.3. The average molecular weight is 1300 g/mol. The molecule has 2 saturated heterocycles. The van der Waals surface area contributed by atoms with Crippen molar-refractivity contribution >= 4 is 81.9 Å². The van der Waals surface area contributed by atoms with Gasteiger partial charge in [0.05, 0.1) is 19.5 Å². The van der Waals surface area contributed by atoms with Crippen LogP contribution in [-0.4, -0.2) is 188 Å². The molecule has 30 heteroatoms. The van der Waals surface area contributed by atoms with E-state index in [0.29, 0.717) is 48.2 Å². The number of hydrogen-bond acceptors (Lipinski definition) is 16. The van der Waals surface area contributed by atoms with E-state index in [-0.39, 0.29) is 112 Å². The van der Waals surface area contributed by atoms with Crippen molar-refractivity contribution in [1.82, 2.24) is 67.7 Å². The third kappa shape index (κ3) is 23.9. The van der Waals surface area contributed by atoms with E-state index in [2.05, 4.69) is 72.5 Å². The summed E-state index contributed by atoms with van der Waals surface area (Å²) in [7, 11) is 0. The maximum absolute atomic E-state index is 14.7. The molecule has 7 unspecified atom stereocenters. The summed E-state index contributed by atoms with van der Waals surface area (Å²) in [6, 6.07) is 1.58. The van der Waals surface area contributed by atoms with Gasteiger partial charge in [-0.3, -0.25) is 57.7 Å². The molecule has 30 nitrogen and oxygen atoms in total. The fourth-order valence-corrected chi connectivity index (χ4v) is 10.7. The maximum Gasteiger partial charge on any atom is 0.302 e. The lowest BCUT2D eigenvalue weighted by Crippen LogP contribution is -2.61. The number of esters is 1. The average Bonchev–Trinajstić information content (AvgIpc) is 1.91. The number of carbonyl (C=O) groups excluding carboxylic acids is 11. The van der Waals surface area contributed by atoms with Crippen molar-refractivity contribution in [2.75, 3.05) is 32.8 Å². The number of rotatable bonds is 33. The molecule has 9 atom stereocenters. The van der Waals surface area contributed by atoms with Crippen LogP contribution in [0.25, 0.3) is 10.9 Å². The summed E-state index contributed by atoms with van der Waals surface area (Å²) in [5, 5.41) is 45.9. The van der Waals surface area contributed by atoms with E-state index in [1.165, 1.54) is 48.6 Å². The number of fused-ring (bicyclic) bond motifs is 1. The van der Waals surface area contributed by atoms with Gasteiger partial charge in [-0.05, 0) is 100.0 Å². The maximum atomic E-state index is 14.7. The highest BCUT2D eigenvalue weighted by Crippen LogP contribution is 2.22. The summed E-state index contributed by atoms with van der Waals surface area (Å²) in [4.78, 5) is 165. The summed E-state index contributed by atoms with van der Waals surface area (Å²) in [6.45, 7) is 12.5. The van der Waals surface area contributed by atoms with Gasteiger partial charge >= 0.3 is 5.97 Å². The first kappa shape index (κ1) is 74.1. The molecule has 4 aromatic rings. The van der Waals surface area contributed by atoms with E-state index in [1.54, 1.807) is 52.1 Å². The minimum atomic E-state index is -1.75. The molecule has 2 fully saturated rings. The number of carbonyl (C=O) groups is 11. The molecular weight excluding hydrogens is 1200 g/mol. The van der Waals surface area contributed by atoms with Gasteiger partial charge in [-0.1, -0.05) is 58.0 Å². The number of benzene rings is 2. The lowest BCUT2D eigenvalue weighted by molar-refractivity contribution is -0.142. The number of hydrogen-bond donors (Lipinski definition) is 15. The first-order valence-corrected chi connectivity index (χ1v) is 31.4. The van der Waals surface area contributed by atoms with E-state index >= 15 is 0 Å². The summed E-state index contributed by atoms with van der Waals surface area (Å²) in [5.74, 6) is -7.76. The lowest BCUT2D eigenvalue weighted by Gasteiger charge is -2.31. The Labute approximate surface area is 539 Å². The van der Waals surface area contributed by atoms with Gasteiger partial charge in [0.15, 0.2) is 5.96 Å². The fourth-order valence-electron chi connectivity index (χ4n) is 10.7. The standard InChI is InChI=1S/C59H84N16O12.C4H8O2/c1-6-63-57(86)48-14-10-22-75(48)58(87)41(13-9-21-64-59(60)61)68-51(80)42(23-32(2)3)69-52(81)43(24-33(4)5)70-53(82)44(25-34-15-17-37(77)18-16-34)71-56(85)47(30-76)74-54(83)45(26-35-28-65-39-12-8-7-11-38(35)39)72-55(84)46(27-36-29-62-31-66-36)73-50(79)40-19-20-49(78)67-40;1-3-6-4(2)5/h7-8,11-12,15-18,28-29,31-33,40-48,65,76-77H,6,9-10,13-14,19-27,30H2,1-5H3,(H,62,66)(H,63,86)(H,67,78)(H,68,80)(H,69,81)(H,70,82)(H,71,85)(H,72,84)(H,73,79)(H,74,83)(H4,60,61,64);3H2,1-2H3/t40-,41?,42?,43?,44?,45?,46?,47?,48-;/m0./s1. The third-order valence-electron chi connectivity index (χ3n) is 15.3. The van der Waals surface area contributed by atoms with Crippen LogP contribution in [0.1, 0.15) is 117 Å². The number of nitrogens with zero attached hydrogens (tertiary/aromatic N) is 3. The van der Waals surface area contributed by atoms with Crippen LogP contribution in [-0.2, 0) is 76.7 Å². The van der Waals surface area contributed by atoms with Crippen LogP contribution in [0.2, 0.25) is 0 Å². The van der Waals surface area contributed by atoms with Crippen molar-refractivity contribution in [1.29, 1.82) is 0 Å². The Morgan fingerprint density at radius 1 is 0.710 bits per heavy atom. The van der Waals surface area contributed by atoms with E-state index in [9.17, 15) is 63.0 Å². The smallest absolute Gasteiger partial charge is 0.302 e. The minimum Gasteiger partial charge on any atom is -0.508 e. The molecule has 17 N–H and O–H groups in total. The number of aliphatic hydroxyl groups excluding tert-OH is 1. The van der Waals surface area contributed by atoms with E-state index in [4.69, 9.17) is 11.5 Å². The second kappa shape index (κ2) is 37.0.